The quantitative estimate of drug-likeness (QED) is 0.412. The van der Waals surface area contributed by atoms with Crippen molar-refractivity contribution in [3.63, 3.8) is 0 Å². The molecule has 1 fully saturated rings. The number of hydrogen-bond donors (Lipinski definition) is 2. The lowest BCUT2D eigenvalue weighted by Crippen LogP contribution is -2.38. The number of likely N-dealkylation sites (tertiary alicyclic amines) is 1. The van der Waals surface area contributed by atoms with Crippen LogP contribution in [0.15, 0.2) is 4.99 Å². The second-order valence-corrected chi connectivity index (χ2v) is 5.27. The third kappa shape index (κ3) is 6.24. The summed E-state index contributed by atoms with van der Waals surface area (Å²) in [6.07, 6.45) is 5.08. The van der Waals surface area contributed by atoms with Crippen molar-refractivity contribution in [2.24, 2.45) is 10.9 Å². The monoisotopic (exact) mass is 254 g/mol. The van der Waals surface area contributed by atoms with Crippen LogP contribution in [0.3, 0.4) is 0 Å². The predicted octanol–water partition coefficient (Wildman–Crippen LogP) is 1.68. The van der Waals surface area contributed by atoms with E-state index in [1.165, 1.54) is 38.8 Å². The van der Waals surface area contributed by atoms with Crippen LogP contribution in [-0.4, -0.2) is 50.6 Å². The van der Waals surface area contributed by atoms with Gasteiger partial charge in [0.25, 0.3) is 0 Å². The zero-order chi connectivity index (χ0) is 13.2. The Morgan fingerprint density at radius 3 is 2.72 bits per heavy atom. The Labute approximate surface area is 112 Å². The highest BCUT2D eigenvalue weighted by molar-refractivity contribution is 5.79. The molecule has 1 rings (SSSR count). The van der Waals surface area contributed by atoms with E-state index in [0.29, 0.717) is 0 Å². The number of rotatable bonds is 7. The van der Waals surface area contributed by atoms with Gasteiger partial charge in [-0.3, -0.25) is 4.99 Å². The highest BCUT2D eigenvalue weighted by atomic mass is 15.2. The zero-order valence-corrected chi connectivity index (χ0v) is 12.3. The maximum Gasteiger partial charge on any atom is 0.191 e. The maximum atomic E-state index is 4.70. The lowest BCUT2D eigenvalue weighted by molar-refractivity contribution is 0.397. The van der Waals surface area contributed by atoms with Crippen LogP contribution >= 0.6 is 0 Å². The Hall–Kier alpha value is -0.770. The fraction of sp³-hybridized carbons (Fsp3) is 0.929. The minimum Gasteiger partial charge on any atom is -0.357 e. The van der Waals surface area contributed by atoms with Gasteiger partial charge in [-0.2, -0.15) is 0 Å². The molecule has 0 aromatic rings. The molecule has 0 aromatic heterocycles. The van der Waals surface area contributed by atoms with Gasteiger partial charge < -0.3 is 15.5 Å². The summed E-state index contributed by atoms with van der Waals surface area (Å²) in [4.78, 5) is 7.09. The molecule has 1 unspecified atom stereocenters. The average molecular weight is 254 g/mol. The van der Waals surface area contributed by atoms with Crippen molar-refractivity contribution in [2.75, 3.05) is 39.8 Å². The molecule has 1 saturated heterocycles. The Morgan fingerprint density at radius 1 is 1.28 bits per heavy atom. The van der Waals surface area contributed by atoms with Gasteiger partial charge in [-0.1, -0.05) is 19.8 Å². The molecule has 18 heavy (non-hydrogen) atoms. The summed E-state index contributed by atoms with van der Waals surface area (Å²) < 4.78 is 0. The summed E-state index contributed by atoms with van der Waals surface area (Å²) in [5.74, 6) is 1.73. The summed E-state index contributed by atoms with van der Waals surface area (Å²) in [6.45, 7) is 9.68. The number of nitrogens with zero attached hydrogens (tertiary/aromatic N) is 2. The highest BCUT2D eigenvalue weighted by Crippen LogP contribution is 2.14. The second kappa shape index (κ2) is 9.20. The Bertz CT molecular complexity index is 240. The fourth-order valence-corrected chi connectivity index (χ4v) is 2.32. The Balaban J connectivity index is 2.25. The lowest BCUT2D eigenvalue weighted by Gasteiger charge is -2.13. The van der Waals surface area contributed by atoms with Crippen molar-refractivity contribution in [2.45, 2.75) is 39.5 Å². The molecule has 1 aliphatic rings. The molecule has 1 aliphatic heterocycles. The second-order valence-electron chi connectivity index (χ2n) is 5.27. The van der Waals surface area contributed by atoms with Gasteiger partial charge in [-0.15, -0.1) is 0 Å². The molecular weight excluding hydrogens is 224 g/mol. The third-order valence-corrected chi connectivity index (χ3v) is 3.41. The Morgan fingerprint density at radius 2 is 2.11 bits per heavy atom. The minimum atomic E-state index is 0.737. The van der Waals surface area contributed by atoms with E-state index < -0.39 is 0 Å². The summed E-state index contributed by atoms with van der Waals surface area (Å²) >= 11 is 0. The van der Waals surface area contributed by atoms with Crippen molar-refractivity contribution in [3.05, 3.63) is 0 Å². The summed E-state index contributed by atoms with van der Waals surface area (Å²) in [5, 5.41) is 6.74. The van der Waals surface area contributed by atoms with Crippen molar-refractivity contribution < 1.29 is 0 Å². The van der Waals surface area contributed by atoms with Crippen LogP contribution in [0.1, 0.15) is 39.5 Å². The molecule has 0 spiro atoms. The van der Waals surface area contributed by atoms with Crippen LogP contribution in [0.25, 0.3) is 0 Å². The van der Waals surface area contributed by atoms with Gasteiger partial charge in [0, 0.05) is 26.2 Å². The molecule has 4 heteroatoms. The van der Waals surface area contributed by atoms with Crippen molar-refractivity contribution in [3.8, 4) is 0 Å². The van der Waals surface area contributed by atoms with Gasteiger partial charge in [-0.25, -0.2) is 0 Å². The average Bonchev–Trinajstić information content (AvgIpc) is 2.77. The predicted molar refractivity (Wildman–Crippen MR) is 79.1 cm³/mol. The van der Waals surface area contributed by atoms with Crippen LogP contribution in [0.2, 0.25) is 0 Å². The van der Waals surface area contributed by atoms with Gasteiger partial charge in [0.15, 0.2) is 5.96 Å². The topological polar surface area (TPSA) is 39.7 Å². The summed E-state index contributed by atoms with van der Waals surface area (Å²) in [6, 6.07) is 0. The molecule has 106 valence electrons. The van der Waals surface area contributed by atoms with Gasteiger partial charge in [0.2, 0.25) is 0 Å². The molecule has 0 saturated carbocycles. The van der Waals surface area contributed by atoms with E-state index in [1.807, 2.05) is 0 Å². The van der Waals surface area contributed by atoms with Gasteiger partial charge >= 0.3 is 0 Å². The molecule has 1 atom stereocenters. The molecule has 4 nitrogen and oxygen atoms in total. The van der Waals surface area contributed by atoms with E-state index in [-0.39, 0.29) is 0 Å². The smallest absolute Gasteiger partial charge is 0.191 e. The van der Waals surface area contributed by atoms with Crippen LogP contribution in [0, 0.1) is 5.92 Å². The van der Waals surface area contributed by atoms with Crippen LogP contribution in [-0.2, 0) is 0 Å². The lowest BCUT2D eigenvalue weighted by atomic mass is 10.1. The molecule has 2 N–H and O–H groups in total. The van der Waals surface area contributed by atoms with E-state index >= 15 is 0 Å². The first-order chi connectivity index (χ1) is 8.76. The maximum absolute atomic E-state index is 4.70. The number of unbranched alkanes of at least 4 members (excludes halogenated alkanes) is 2. The van der Waals surface area contributed by atoms with Gasteiger partial charge in [0.1, 0.15) is 0 Å². The molecule has 0 aromatic carbocycles. The van der Waals surface area contributed by atoms with E-state index in [0.717, 1.165) is 31.5 Å². The van der Waals surface area contributed by atoms with E-state index in [4.69, 9.17) is 4.99 Å². The number of aliphatic imine (C=N–C) groups is 1. The van der Waals surface area contributed by atoms with Crippen molar-refractivity contribution >= 4 is 5.96 Å². The van der Waals surface area contributed by atoms with Crippen LogP contribution < -0.4 is 10.6 Å². The van der Waals surface area contributed by atoms with Crippen LogP contribution in [0.5, 0.6) is 0 Å². The minimum absolute atomic E-state index is 0.737. The first-order valence-corrected chi connectivity index (χ1v) is 7.47. The standard InChI is InChI=1S/C14H30N4/c1-4-6-7-9-16-14(15-5-2)17-11-13-8-10-18(3)12-13/h13H,4-12H2,1-3H3,(H2,15,16,17). The largest absolute Gasteiger partial charge is 0.357 e. The van der Waals surface area contributed by atoms with Crippen molar-refractivity contribution in [1.82, 2.24) is 15.5 Å². The third-order valence-electron chi connectivity index (χ3n) is 3.41. The molecule has 1 heterocycles. The normalized spacial score (nSPS) is 21.3. The first kappa shape index (κ1) is 15.3. The number of guanidine groups is 1. The van der Waals surface area contributed by atoms with E-state index in [9.17, 15) is 0 Å². The van der Waals surface area contributed by atoms with E-state index in [1.54, 1.807) is 0 Å². The molecular formula is C14H30N4. The molecule has 0 radical (unpaired) electrons. The number of nitrogens with one attached hydrogen (secondary N) is 2. The SMILES string of the molecule is CCCCCNC(=NCC1CCN(C)C1)NCC. The van der Waals surface area contributed by atoms with Gasteiger partial charge in [-0.05, 0) is 39.3 Å². The molecule has 0 bridgehead atoms. The molecule has 0 aliphatic carbocycles. The van der Waals surface area contributed by atoms with E-state index in [2.05, 4.69) is 36.4 Å². The zero-order valence-electron chi connectivity index (χ0n) is 12.3. The molecule has 0 amide bonds. The fourth-order valence-electron chi connectivity index (χ4n) is 2.32. The summed E-state index contributed by atoms with van der Waals surface area (Å²) in [7, 11) is 2.19. The Kier molecular flexibility index (Phi) is 7.81. The highest BCUT2D eigenvalue weighted by Gasteiger charge is 2.18. The van der Waals surface area contributed by atoms with Crippen LogP contribution in [0.4, 0.5) is 0 Å². The van der Waals surface area contributed by atoms with Crippen molar-refractivity contribution in [1.29, 1.82) is 0 Å². The number of hydrogen-bond acceptors (Lipinski definition) is 2. The summed E-state index contributed by atoms with van der Waals surface area (Å²) in [5.41, 5.74) is 0. The van der Waals surface area contributed by atoms with Gasteiger partial charge in [0.05, 0.1) is 0 Å². The first-order valence-electron chi connectivity index (χ1n) is 7.47.